The van der Waals surface area contributed by atoms with E-state index in [1.165, 1.54) is 18.2 Å². The van der Waals surface area contributed by atoms with Crippen LogP contribution in [0.4, 0.5) is 18.3 Å². The largest absolute Gasteiger partial charge is 0.573 e. The van der Waals surface area contributed by atoms with E-state index in [1.807, 2.05) is 4.90 Å². The molecule has 1 atom stereocenters. The van der Waals surface area contributed by atoms with Gasteiger partial charge in [0.15, 0.2) is 5.13 Å². The van der Waals surface area contributed by atoms with E-state index in [0.717, 1.165) is 56.3 Å². The number of carbonyl (C=O) groups is 2. The summed E-state index contributed by atoms with van der Waals surface area (Å²) in [4.78, 5) is 32.2. The molecule has 1 saturated heterocycles. The molecule has 2 amide bonds. The summed E-state index contributed by atoms with van der Waals surface area (Å²) < 4.78 is 41.7. The normalized spacial score (nSPS) is 20.7. The molecule has 1 saturated carbocycles. The molecule has 1 aromatic carbocycles. The highest BCUT2D eigenvalue weighted by molar-refractivity contribution is 7.22. The van der Waals surface area contributed by atoms with Crippen molar-refractivity contribution in [3.8, 4) is 5.75 Å². The molecule has 2 aromatic rings. The van der Waals surface area contributed by atoms with Crippen molar-refractivity contribution in [1.29, 1.82) is 0 Å². The third-order valence-electron chi connectivity index (χ3n) is 6.55. The molecule has 0 radical (unpaired) electrons. The van der Waals surface area contributed by atoms with E-state index in [4.69, 9.17) is 5.73 Å². The molecular weight excluding hydrogens is 457 g/mol. The lowest BCUT2D eigenvalue weighted by atomic mass is 9.73. The number of anilines is 1. The smallest absolute Gasteiger partial charge is 0.406 e. The van der Waals surface area contributed by atoms with Crippen LogP contribution in [0.5, 0.6) is 5.75 Å². The molecule has 0 bridgehead atoms. The van der Waals surface area contributed by atoms with Crippen LogP contribution in [0.25, 0.3) is 10.2 Å². The maximum absolute atomic E-state index is 13.4. The number of nitrogens with one attached hydrogen (secondary N) is 1. The number of halogens is 3. The third-order valence-corrected chi connectivity index (χ3v) is 7.49. The Labute approximate surface area is 193 Å². The van der Waals surface area contributed by atoms with Crippen LogP contribution < -0.4 is 15.8 Å². The molecule has 4 rings (SSSR count). The van der Waals surface area contributed by atoms with Crippen molar-refractivity contribution in [3.63, 3.8) is 0 Å². The number of alkyl halides is 3. The molecular formula is C22H27F3N4O3S. The fourth-order valence-electron chi connectivity index (χ4n) is 4.89. The van der Waals surface area contributed by atoms with Crippen LogP contribution >= 0.6 is 11.3 Å². The number of likely N-dealkylation sites (tertiary alicyclic amines) is 1. The summed E-state index contributed by atoms with van der Waals surface area (Å²) in [6.07, 6.45) is 1.65. The van der Waals surface area contributed by atoms with Crippen LogP contribution in [-0.2, 0) is 9.59 Å². The Balaban J connectivity index is 1.40. The molecule has 1 aliphatic carbocycles. The first kappa shape index (κ1) is 23.7. The number of hydrogen-bond acceptors (Lipinski definition) is 6. The van der Waals surface area contributed by atoms with Crippen LogP contribution in [-0.4, -0.2) is 47.2 Å². The minimum Gasteiger partial charge on any atom is -0.406 e. The van der Waals surface area contributed by atoms with Crippen molar-refractivity contribution in [3.05, 3.63) is 18.2 Å². The average molecular weight is 485 g/mol. The summed E-state index contributed by atoms with van der Waals surface area (Å²) in [5, 5.41) is 3.02. The van der Waals surface area contributed by atoms with Crippen LogP contribution in [0, 0.1) is 5.41 Å². The number of aromatic nitrogens is 1. The molecule has 7 nitrogen and oxygen atoms in total. The first-order chi connectivity index (χ1) is 15.7. The quantitative estimate of drug-likeness (QED) is 0.633. The molecule has 2 heterocycles. The third kappa shape index (κ3) is 5.40. The van der Waals surface area contributed by atoms with Crippen molar-refractivity contribution in [2.45, 2.75) is 63.8 Å². The number of ether oxygens (including phenoxy) is 1. The van der Waals surface area contributed by atoms with Gasteiger partial charge in [-0.05, 0) is 37.8 Å². The lowest BCUT2D eigenvalue weighted by Crippen LogP contribution is -2.51. The van der Waals surface area contributed by atoms with E-state index in [9.17, 15) is 22.8 Å². The highest BCUT2D eigenvalue weighted by atomic mass is 32.1. The molecule has 11 heteroatoms. The topological polar surface area (TPSA) is 97.6 Å². The first-order valence-corrected chi connectivity index (χ1v) is 12.0. The van der Waals surface area contributed by atoms with Gasteiger partial charge < -0.3 is 20.7 Å². The van der Waals surface area contributed by atoms with Gasteiger partial charge in [0.05, 0.1) is 15.6 Å². The molecule has 1 aromatic heterocycles. The second kappa shape index (κ2) is 9.46. The number of rotatable bonds is 6. The zero-order valence-corrected chi connectivity index (χ0v) is 18.9. The summed E-state index contributed by atoms with van der Waals surface area (Å²) in [6, 6.07) is 3.64. The van der Waals surface area contributed by atoms with Crippen molar-refractivity contribution in [2.24, 2.45) is 11.1 Å². The van der Waals surface area contributed by atoms with E-state index in [1.54, 1.807) is 0 Å². The Kier molecular flexibility index (Phi) is 6.81. The average Bonchev–Trinajstić information content (AvgIpc) is 3.38. The monoisotopic (exact) mass is 484 g/mol. The van der Waals surface area contributed by atoms with Crippen molar-refractivity contribution in [2.75, 3.05) is 18.4 Å². The van der Waals surface area contributed by atoms with Gasteiger partial charge in [-0.2, -0.15) is 0 Å². The Hall–Kier alpha value is -2.40. The molecule has 0 unspecified atom stereocenters. The van der Waals surface area contributed by atoms with E-state index in [-0.39, 0.29) is 30.0 Å². The van der Waals surface area contributed by atoms with Crippen LogP contribution in [0.1, 0.15) is 51.4 Å². The van der Waals surface area contributed by atoms with E-state index in [0.29, 0.717) is 28.4 Å². The fourth-order valence-corrected chi connectivity index (χ4v) is 5.80. The summed E-state index contributed by atoms with van der Waals surface area (Å²) in [7, 11) is 0. The Bertz CT molecular complexity index is 1020. The van der Waals surface area contributed by atoms with Gasteiger partial charge in [0.25, 0.3) is 0 Å². The predicted octanol–water partition coefficient (Wildman–Crippen LogP) is 4.42. The SMILES string of the molecule is NCC1(C(=O)N2CCC[C@@H]2CC(=O)Nc2nc3ccc(OC(F)(F)F)cc3s2)CCCCC1. The van der Waals surface area contributed by atoms with Gasteiger partial charge in [0, 0.05) is 31.6 Å². The van der Waals surface area contributed by atoms with Gasteiger partial charge in [-0.1, -0.05) is 30.6 Å². The van der Waals surface area contributed by atoms with Gasteiger partial charge in [-0.3, -0.25) is 9.59 Å². The van der Waals surface area contributed by atoms with Gasteiger partial charge in [-0.15, -0.1) is 13.2 Å². The summed E-state index contributed by atoms with van der Waals surface area (Å²) in [6.45, 7) is 0.953. The lowest BCUT2D eigenvalue weighted by Gasteiger charge is -2.39. The summed E-state index contributed by atoms with van der Waals surface area (Å²) in [5.41, 5.74) is 5.98. The fraction of sp³-hybridized carbons (Fsp3) is 0.591. The Morgan fingerprint density at radius 2 is 2.00 bits per heavy atom. The predicted molar refractivity (Wildman–Crippen MR) is 119 cm³/mol. The molecule has 1 aliphatic heterocycles. The highest BCUT2D eigenvalue weighted by Gasteiger charge is 2.44. The second-order valence-electron chi connectivity index (χ2n) is 8.79. The first-order valence-electron chi connectivity index (χ1n) is 11.2. The molecule has 33 heavy (non-hydrogen) atoms. The second-order valence-corrected chi connectivity index (χ2v) is 9.82. The number of thiazole rings is 1. The van der Waals surface area contributed by atoms with Gasteiger partial charge in [0.2, 0.25) is 11.8 Å². The van der Waals surface area contributed by atoms with Crippen molar-refractivity contribution >= 4 is 38.5 Å². The molecule has 3 N–H and O–H groups in total. The van der Waals surface area contributed by atoms with E-state index < -0.39 is 11.8 Å². The maximum Gasteiger partial charge on any atom is 0.573 e. The summed E-state index contributed by atoms with van der Waals surface area (Å²) >= 11 is 1.07. The Morgan fingerprint density at radius 3 is 2.70 bits per heavy atom. The van der Waals surface area contributed by atoms with Crippen molar-refractivity contribution in [1.82, 2.24) is 9.88 Å². The molecule has 180 valence electrons. The van der Waals surface area contributed by atoms with Crippen molar-refractivity contribution < 1.29 is 27.5 Å². The molecule has 2 fully saturated rings. The standard InChI is InChI=1S/C22H27F3N4O3S/c23-22(24,25)32-15-6-7-16-17(12-15)33-20(27-16)28-18(30)11-14-5-4-10-29(14)19(31)21(13-26)8-2-1-3-9-21/h6-7,12,14H,1-5,8-11,13,26H2,(H,27,28,30)/t14-/m1/s1. The van der Waals surface area contributed by atoms with Crippen LogP contribution in [0.2, 0.25) is 0 Å². The zero-order chi connectivity index (χ0) is 23.6. The minimum absolute atomic E-state index is 0.0668. The number of fused-ring (bicyclic) bond motifs is 1. The molecule has 0 spiro atoms. The zero-order valence-electron chi connectivity index (χ0n) is 18.1. The number of carbonyl (C=O) groups excluding carboxylic acids is 2. The van der Waals surface area contributed by atoms with Gasteiger partial charge in [-0.25, -0.2) is 4.98 Å². The summed E-state index contributed by atoms with van der Waals surface area (Å²) in [5.74, 6) is -0.554. The number of benzene rings is 1. The van der Waals surface area contributed by atoms with Crippen LogP contribution in [0.15, 0.2) is 18.2 Å². The van der Waals surface area contributed by atoms with E-state index in [2.05, 4.69) is 15.0 Å². The lowest BCUT2D eigenvalue weighted by molar-refractivity contribution is -0.274. The number of nitrogens with zero attached hydrogens (tertiary/aromatic N) is 2. The van der Waals surface area contributed by atoms with Gasteiger partial charge >= 0.3 is 6.36 Å². The Morgan fingerprint density at radius 1 is 1.24 bits per heavy atom. The highest BCUT2D eigenvalue weighted by Crippen LogP contribution is 2.39. The minimum atomic E-state index is -4.78. The van der Waals surface area contributed by atoms with E-state index >= 15 is 0 Å². The molecule has 2 aliphatic rings. The number of nitrogens with two attached hydrogens (primary N) is 1. The number of hydrogen-bond donors (Lipinski definition) is 2. The van der Waals surface area contributed by atoms with Gasteiger partial charge in [0.1, 0.15) is 5.75 Å². The number of amides is 2. The van der Waals surface area contributed by atoms with Crippen LogP contribution in [0.3, 0.4) is 0 Å². The maximum atomic E-state index is 13.4.